The lowest BCUT2D eigenvalue weighted by atomic mass is 10.1. The molecule has 3 unspecified atom stereocenters. The molecule has 1 aromatic carbocycles. The maximum atomic E-state index is 12.9. The van der Waals surface area contributed by atoms with Crippen molar-refractivity contribution in [2.45, 2.75) is 39.0 Å². The van der Waals surface area contributed by atoms with Crippen LogP contribution in [-0.2, 0) is 14.3 Å². The topological polar surface area (TPSA) is 83.7 Å². The van der Waals surface area contributed by atoms with Gasteiger partial charge < -0.3 is 19.8 Å². The molecule has 3 rings (SSSR count). The number of hydrogen-bond acceptors (Lipinski definition) is 5. The third-order valence-corrected chi connectivity index (χ3v) is 4.72. The molecule has 1 aromatic heterocycles. The summed E-state index contributed by atoms with van der Waals surface area (Å²) in [5.74, 6) is -0.682. The highest BCUT2D eigenvalue weighted by molar-refractivity contribution is 6.11. The van der Waals surface area contributed by atoms with E-state index in [-0.39, 0.29) is 29.9 Å². The number of para-hydroxylation sites is 1. The Balaban J connectivity index is 1.85. The number of methoxy groups -OCH3 is 1. The number of aromatic amines is 1. The summed E-state index contributed by atoms with van der Waals surface area (Å²) in [7, 11) is 1.32. The molecule has 7 heteroatoms. The maximum absolute atomic E-state index is 12.9. The van der Waals surface area contributed by atoms with Gasteiger partial charge in [0.1, 0.15) is 5.69 Å². The normalized spacial score (nSPS) is 22.2. The molecule has 140 valence electrons. The lowest BCUT2D eigenvalue weighted by Crippen LogP contribution is -2.52. The van der Waals surface area contributed by atoms with Gasteiger partial charge in [-0.3, -0.25) is 9.69 Å². The zero-order chi connectivity index (χ0) is 18.8. The molecule has 2 N–H and O–H groups in total. The van der Waals surface area contributed by atoms with Crippen molar-refractivity contribution >= 4 is 28.5 Å². The number of esters is 1. The average Bonchev–Trinajstić information content (AvgIpc) is 2.98. The van der Waals surface area contributed by atoms with Crippen molar-refractivity contribution in [2.75, 3.05) is 25.5 Å². The standard InChI is InChI=1S/C19H25N3O4/c1-11-9-22(10-12(2)26-11)13(3)18(23)21-16-14-7-5-6-8-15(14)20-17(16)19(24)25-4/h5-8,11-13,20H,9-10H2,1-4H3,(H,21,23). The van der Waals surface area contributed by atoms with Crippen LogP contribution in [0.5, 0.6) is 0 Å². The first-order valence-corrected chi connectivity index (χ1v) is 8.80. The number of anilines is 1. The minimum Gasteiger partial charge on any atom is -0.464 e. The van der Waals surface area contributed by atoms with Crippen LogP contribution >= 0.6 is 0 Å². The molecule has 0 aliphatic carbocycles. The molecule has 0 spiro atoms. The van der Waals surface area contributed by atoms with E-state index in [1.165, 1.54) is 7.11 Å². The van der Waals surface area contributed by atoms with Crippen molar-refractivity contribution in [3.63, 3.8) is 0 Å². The van der Waals surface area contributed by atoms with Crippen LogP contribution in [0.15, 0.2) is 24.3 Å². The van der Waals surface area contributed by atoms with Gasteiger partial charge in [0.15, 0.2) is 0 Å². The summed E-state index contributed by atoms with van der Waals surface area (Å²) < 4.78 is 10.6. The van der Waals surface area contributed by atoms with Crippen LogP contribution in [0, 0.1) is 0 Å². The highest BCUT2D eigenvalue weighted by atomic mass is 16.5. The number of fused-ring (bicyclic) bond motifs is 1. The predicted molar refractivity (Wildman–Crippen MR) is 99.3 cm³/mol. The van der Waals surface area contributed by atoms with E-state index >= 15 is 0 Å². The van der Waals surface area contributed by atoms with Gasteiger partial charge in [0, 0.05) is 24.0 Å². The first kappa shape index (κ1) is 18.4. The van der Waals surface area contributed by atoms with Crippen LogP contribution in [0.3, 0.4) is 0 Å². The number of ether oxygens (including phenoxy) is 2. The van der Waals surface area contributed by atoms with Crippen LogP contribution in [0.25, 0.3) is 10.9 Å². The summed E-state index contributed by atoms with van der Waals surface area (Å²) in [5, 5.41) is 3.70. The number of nitrogens with zero attached hydrogens (tertiary/aromatic N) is 1. The largest absolute Gasteiger partial charge is 0.464 e. The highest BCUT2D eigenvalue weighted by Gasteiger charge is 2.30. The summed E-state index contributed by atoms with van der Waals surface area (Å²) in [5.41, 5.74) is 1.47. The van der Waals surface area contributed by atoms with Crippen LogP contribution in [0.2, 0.25) is 0 Å². The molecule has 1 amide bonds. The second-order valence-corrected chi connectivity index (χ2v) is 6.79. The summed E-state index contributed by atoms with van der Waals surface area (Å²) >= 11 is 0. The van der Waals surface area contributed by atoms with Gasteiger partial charge in [0.25, 0.3) is 0 Å². The molecule has 0 saturated carbocycles. The van der Waals surface area contributed by atoms with Crippen molar-refractivity contribution in [1.29, 1.82) is 0 Å². The molecule has 3 atom stereocenters. The fourth-order valence-corrected chi connectivity index (χ4v) is 3.45. The monoisotopic (exact) mass is 359 g/mol. The first-order chi connectivity index (χ1) is 12.4. The number of morpholine rings is 1. The van der Waals surface area contributed by atoms with Gasteiger partial charge in [-0.15, -0.1) is 0 Å². The first-order valence-electron chi connectivity index (χ1n) is 8.80. The number of carbonyl (C=O) groups is 2. The second kappa shape index (κ2) is 7.47. The van der Waals surface area contributed by atoms with Gasteiger partial charge in [0.2, 0.25) is 5.91 Å². The number of hydrogen-bond donors (Lipinski definition) is 2. The number of benzene rings is 1. The Kier molecular flexibility index (Phi) is 5.29. The van der Waals surface area contributed by atoms with Gasteiger partial charge in [-0.25, -0.2) is 4.79 Å². The third kappa shape index (κ3) is 3.59. The maximum Gasteiger partial charge on any atom is 0.356 e. The predicted octanol–water partition coefficient (Wildman–Crippen LogP) is 2.39. The Bertz CT molecular complexity index is 806. The highest BCUT2D eigenvalue weighted by Crippen LogP contribution is 2.28. The molecule has 0 bridgehead atoms. The molecule has 1 saturated heterocycles. The van der Waals surface area contributed by atoms with E-state index in [1.807, 2.05) is 45.0 Å². The fourth-order valence-electron chi connectivity index (χ4n) is 3.45. The van der Waals surface area contributed by atoms with E-state index in [1.54, 1.807) is 0 Å². The van der Waals surface area contributed by atoms with Crippen molar-refractivity contribution in [3.8, 4) is 0 Å². The van der Waals surface area contributed by atoms with E-state index in [0.717, 1.165) is 10.9 Å². The SMILES string of the molecule is COC(=O)c1[nH]c2ccccc2c1NC(=O)C(C)N1CC(C)OC(C)C1. The van der Waals surface area contributed by atoms with E-state index < -0.39 is 5.97 Å². The molecule has 1 fully saturated rings. The molecular weight excluding hydrogens is 334 g/mol. The van der Waals surface area contributed by atoms with Gasteiger partial charge >= 0.3 is 5.97 Å². The summed E-state index contributed by atoms with van der Waals surface area (Å²) in [4.78, 5) is 30.1. The minimum atomic E-state index is -0.516. The molecule has 1 aliphatic rings. The number of rotatable bonds is 4. The molecule has 1 aliphatic heterocycles. The molecular formula is C19H25N3O4. The zero-order valence-electron chi connectivity index (χ0n) is 15.5. The third-order valence-electron chi connectivity index (χ3n) is 4.72. The lowest BCUT2D eigenvalue weighted by Gasteiger charge is -2.38. The number of carbonyl (C=O) groups excluding carboxylic acids is 2. The van der Waals surface area contributed by atoms with E-state index in [2.05, 4.69) is 15.2 Å². The van der Waals surface area contributed by atoms with Crippen molar-refractivity contribution in [3.05, 3.63) is 30.0 Å². The van der Waals surface area contributed by atoms with Crippen LogP contribution in [0.4, 0.5) is 5.69 Å². The van der Waals surface area contributed by atoms with Crippen LogP contribution in [0.1, 0.15) is 31.3 Å². The molecule has 26 heavy (non-hydrogen) atoms. The smallest absolute Gasteiger partial charge is 0.356 e. The van der Waals surface area contributed by atoms with E-state index in [4.69, 9.17) is 9.47 Å². The Labute approximate surface area is 152 Å². The van der Waals surface area contributed by atoms with Crippen LogP contribution in [-0.4, -0.2) is 60.2 Å². The molecule has 2 aromatic rings. The second-order valence-electron chi connectivity index (χ2n) is 6.79. The van der Waals surface area contributed by atoms with Crippen molar-refractivity contribution in [2.24, 2.45) is 0 Å². The molecule has 7 nitrogen and oxygen atoms in total. The summed E-state index contributed by atoms with van der Waals surface area (Å²) in [6.45, 7) is 7.25. The molecule has 0 radical (unpaired) electrons. The van der Waals surface area contributed by atoms with Crippen molar-refractivity contribution < 1.29 is 19.1 Å². The Morgan fingerprint density at radius 1 is 1.27 bits per heavy atom. The Morgan fingerprint density at radius 2 is 1.92 bits per heavy atom. The number of nitrogens with one attached hydrogen (secondary N) is 2. The minimum absolute atomic E-state index is 0.0766. The van der Waals surface area contributed by atoms with Crippen LogP contribution < -0.4 is 5.32 Å². The Hall–Kier alpha value is -2.38. The number of amides is 1. The van der Waals surface area contributed by atoms with Gasteiger partial charge in [0.05, 0.1) is 31.0 Å². The van der Waals surface area contributed by atoms with Gasteiger partial charge in [-0.1, -0.05) is 18.2 Å². The quantitative estimate of drug-likeness (QED) is 0.819. The summed E-state index contributed by atoms with van der Waals surface area (Å²) in [6.07, 6.45) is 0.153. The zero-order valence-corrected chi connectivity index (χ0v) is 15.5. The lowest BCUT2D eigenvalue weighted by molar-refractivity contribution is -0.126. The van der Waals surface area contributed by atoms with Gasteiger partial charge in [-0.05, 0) is 26.8 Å². The van der Waals surface area contributed by atoms with E-state index in [9.17, 15) is 9.59 Å². The molecule has 2 heterocycles. The average molecular weight is 359 g/mol. The van der Waals surface area contributed by atoms with Gasteiger partial charge in [-0.2, -0.15) is 0 Å². The summed E-state index contributed by atoms with van der Waals surface area (Å²) in [6, 6.07) is 7.10. The fraction of sp³-hybridized carbons (Fsp3) is 0.474. The number of aromatic nitrogens is 1. The van der Waals surface area contributed by atoms with E-state index in [0.29, 0.717) is 18.8 Å². The number of H-pyrrole nitrogens is 1. The Morgan fingerprint density at radius 3 is 2.58 bits per heavy atom. The van der Waals surface area contributed by atoms with Crippen molar-refractivity contribution in [1.82, 2.24) is 9.88 Å².